The molecule has 4 aromatic rings. The number of anilines is 2. The summed E-state index contributed by atoms with van der Waals surface area (Å²) in [5, 5.41) is 21.6. The van der Waals surface area contributed by atoms with Crippen LogP contribution in [0.4, 0.5) is 24.8 Å². The highest BCUT2D eigenvalue weighted by molar-refractivity contribution is 5.55. The first kappa shape index (κ1) is 29.5. The molecule has 1 aliphatic heterocycles. The summed E-state index contributed by atoms with van der Waals surface area (Å²) in [6, 6.07) is 10.8. The van der Waals surface area contributed by atoms with Crippen molar-refractivity contribution < 1.29 is 22.6 Å². The smallest absolute Gasteiger partial charge is 0.419 e. The summed E-state index contributed by atoms with van der Waals surface area (Å²) in [7, 11) is 1.57. The number of halogens is 3. The Labute approximate surface area is 244 Å². The Morgan fingerprint density at radius 1 is 1.14 bits per heavy atom. The molecule has 3 aromatic heterocycles. The van der Waals surface area contributed by atoms with E-state index in [4.69, 9.17) is 9.47 Å². The van der Waals surface area contributed by atoms with Gasteiger partial charge in [-0.05, 0) is 30.7 Å². The predicted molar refractivity (Wildman–Crippen MR) is 148 cm³/mol. The summed E-state index contributed by atoms with van der Waals surface area (Å²) in [4.78, 5) is 22.5. The highest BCUT2D eigenvalue weighted by atomic mass is 19.4. The molecule has 0 spiro atoms. The zero-order valence-corrected chi connectivity index (χ0v) is 23.4. The van der Waals surface area contributed by atoms with Gasteiger partial charge in [-0.3, -0.25) is 9.48 Å². The lowest BCUT2D eigenvalue weighted by atomic mass is 10.2. The average Bonchev–Trinajstić information content (AvgIpc) is 3.41. The summed E-state index contributed by atoms with van der Waals surface area (Å²) in [6.45, 7) is 3.94. The Morgan fingerprint density at radius 2 is 1.88 bits per heavy atom. The van der Waals surface area contributed by atoms with Gasteiger partial charge in [0, 0.05) is 25.0 Å². The van der Waals surface area contributed by atoms with E-state index in [-0.39, 0.29) is 37.3 Å². The van der Waals surface area contributed by atoms with Crippen molar-refractivity contribution >= 4 is 11.6 Å². The quantitative estimate of drug-likeness (QED) is 0.291. The number of aromatic nitrogens is 6. The fraction of sp³-hybridized carbons (Fsp3) is 0.357. The molecule has 0 aliphatic carbocycles. The monoisotopic (exact) mass is 595 g/mol. The third-order valence-electron chi connectivity index (χ3n) is 6.76. The minimum Gasteiger partial charge on any atom is -0.497 e. The number of nitriles is 1. The number of nitrogens with one attached hydrogen (secondary N) is 1. The lowest BCUT2D eigenvalue weighted by Crippen LogP contribution is -2.35. The first-order valence-corrected chi connectivity index (χ1v) is 13.3. The van der Waals surface area contributed by atoms with Crippen LogP contribution in [0.25, 0.3) is 0 Å². The molecule has 15 heteroatoms. The van der Waals surface area contributed by atoms with Crippen LogP contribution in [0.15, 0.2) is 53.7 Å². The highest BCUT2D eigenvalue weighted by Crippen LogP contribution is 2.29. The summed E-state index contributed by atoms with van der Waals surface area (Å²) in [5.41, 5.74) is 1.27. The van der Waals surface area contributed by atoms with Crippen molar-refractivity contribution in [3.05, 3.63) is 87.4 Å². The fourth-order valence-electron chi connectivity index (χ4n) is 4.57. The topological polar surface area (TPSA) is 136 Å². The predicted octanol–water partition coefficient (Wildman–Crippen LogP) is 3.21. The summed E-state index contributed by atoms with van der Waals surface area (Å²) < 4.78 is 52.5. The van der Waals surface area contributed by atoms with E-state index in [1.807, 2.05) is 35.9 Å². The molecule has 1 aliphatic rings. The van der Waals surface area contributed by atoms with Crippen molar-refractivity contribution in [2.24, 2.45) is 0 Å². The second-order valence-electron chi connectivity index (χ2n) is 9.96. The van der Waals surface area contributed by atoms with Crippen LogP contribution in [0.1, 0.15) is 35.0 Å². The van der Waals surface area contributed by atoms with E-state index in [1.165, 1.54) is 10.9 Å². The van der Waals surface area contributed by atoms with Crippen LogP contribution in [-0.4, -0.2) is 55.8 Å². The number of methoxy groups -OCH3 is 1. The molecule has 0 amide bonds. The van der Waals surface area contributed by atoms with Crippen LogP contribution in [0, 0.1) is 11.3 Å². The van der Waals surface area contributed by atoms with E-state index in [0.29, 0.717) is 36.8 Å². The second kappa shape index (κ2) is 12.5. The van der Waals surface area contributed by atoms with Crippen LogP contribution in [0.2, 0.25) is 0 Å². The highest BCUT2D eigenvalue weighted by Gasteiger charge is 2.32. The minimum atomic E-state index is -4.49. The average molecular weight is 596 g/mol. The Balaban J connectivity index is 1.14. The zero-order valence-electron chi connectivity index (χ0n) is 23.4. The van der Waals surface area contributed by atoms with Gasteiger partial charge in [0.2, 0.25) is 5.95 Å². The van der Waals surface area contributed by atoms with Crippen molar-refractivity contribution in [1.82, 2.24) is 29.5 Å². The van der Waals surface area contributed by atoms with Gasteiger partial charge >= 0.3 is 6.18 Å². The molecule has 4 heterocycles. The third kappa shape index (κ3) is 6.92. The molecule has 5 rings (SSSR count). The van der Waals surface area contributed by atoms with E-state index in [2.05, 4.69) is 25.5 Å². The number of alkyl halides is 3. The van der Waals surface area contributed by atoms with Gasteiger partial charge in [0.25, 0.3) is 5.56 Å². The maximum absolute atomic E-state index is 12.9. The molecular weight excluding hydrogens is 567 g/mol. The zero-order chi connectivity index (χ0) is 30.6. The lowest BCUT2D eigenvalue weighted by Gasteiger charge is -2.27. The van der Waals surface area contributed by atoms with Gasteiger partial charge in [0.15, 0.2) is 0 Å². The van der Waals surface area contributed by atoms with E-state index >= 15 is 0 Å². The number of fused-ring (bicyclic) bond motifs is 1. The van der Waals surface area contributed by atoms with E-state index in [0.717, 1.165) is 23.7 Å². The van der Waals surface area contributed by atoms with Crippen LogP contribution < -0.4 is 20.5 Å². The number of ether oxygens (including phenoxy) is 2. The molecule has 224 valence electrons. The maximum Gasteiger partial charge on any atom is 0.419 e. The van der Waals surface area contributed by atoms with Crippen LogP contribution in [0.5, 0.6) is 5.75 Å². The van der Waals surface area contributed by atoms with Gasteiger partial charge in [0.05, 0.1) is 68.8 Å². The largest absolute Gasteiger partial charge is 0.497 e. The molecule has 1 aromatic carbocycles. The molecular formula is C28H28F3N9O3. The normalized spacial score (nSPS) is 13.7. The fourth-order valence-corrected chi connectivity index (χ4v) is 4.57. The Bertz CT molecular complexity index is 1660. The molecule has 12 nitrogen and oxygen atoms in total. The summed E-state index contributed by atoms with van der Waals surface area (Å²) in [5.74, 6) is 0.918. The molecule has 0 saturated heterocycles. The summed E-state index contributed by atoms with van der Waals surface area (Å²) >= 11 is 0. The molecule has 1 atom stereocenters. The standard InChI is InChI=1S/C28H28F3N9O3/c1-18(36-25-13-35-40(26(41)24(25)10-32)14-19-3-5-23(42-2)6-4-19)16-43-17-21-9-22-15-38(7-8-39(22)37-21)27-33-11-20(12-34-27)28(29,30)31/h3-6,9,11-13,18,36H,7-8,14-17H2,1-2H3. The molecule has 0 radical (unpaired) electrons. The molecule has 1 unspecified atom stereocenters. The van der Waals surface area contributed by atoms with Gasteiger partial charge in [-0.25, -0.2) is 14.6 Å². The summed E-state index contributed by atoms with van der Waals surface area (Å²) in [6.07, 6.45) is -1.47. The second-order valence-corrected chi connectivity index (χ2v) is 9.96. The minimum absolute atomic E-state index is 0.0429. The first-order valence-electron chi connectivity index (χ1n) is 13.3. The van der Waals surface area contributed by atoms with Gasteiger partial charge in [-0.15, -0.1) is 0 Å². The number of benzene rings is 1. The van der Waals surface area contributed by atoms with Crippen LogP contribution in [0.3, 0.4) is 0 Å². The van der Waals surface area contributed by atoms with Crippen molar-refractivity contribution in [2.75, 3.05) is 30.5 Å². The molecule has 0 saturated carbocycles. The van der Waals surface area contributed by atoms with Crippen molar-refractivity contribution in [3.63, 3.8) is 0 Å². The van der Waals surface area contributed by atoms with Crippen molar-refractivity contribution in [2.45, 2.75) is 45.4 Å². The maximum atomic E-state index is 12.9. The number of hydrogen-bond acceptors (Lipinski definition) is 10. The van der Waals surface area contributed by atoms with E-state index in [9.17, 15) is 23.2 Å². The third-order valence-corrected chi connectivity index (χ3v) is 6.76. The van der Waals surface area contributed by atoms with Crippen LogP contribution in [-0.2, 0) is 37.2 Å². The van der Waals surface area contributed by atoms with Gasteiger partial charge in [-0.1, -0.05) is 12.1 Å². The molecule has 43 heavy (non-hydrogen) atoms. The first-order chi connectivity index (χ1) is 20.6. The SMILES string of the molecule is COc1ccc(Cn2ncc(NC(C)COCc3cc4n(n3)CCN(c3ncc(C(F)(F)F)cn3)C4)c(C#N)c2=O)cc1. The number of rotatable bonds is 10. The lowest BCUT2D eigenvalue weighted by molar-refractivity contribution is -0.138. The number of nitrogens with zero attached hydrogens (tertiary/aromatic N) is 8. The molecule has 0 bridgehead atoms. The van der Waals surface area contributed by atoms with Gasteiger partial charge in [0.1, 0.15) is 17.4 Å². The Hall–Kier alpha value is -4.97. The van der Waals surface area contributed by atoms with Gasteiger partial charge < -0.3 is 19.7 Å². The molecule has 1 N–H and O–H groups in total. The van der Waals surface area contributed by atoms with Crippen LogP contribution >= 0.6 is 0 Å². The van der Waals surface area contributed by atoms with E-state index in [1.54, 1.807) is 24.1 Å². The van der Waals surface area contributed by atoms with Crippen molar-refractivity contribution in [3.8, 4) is 11.8 Å². The molecule has 0 fully saturated rings. The van der Waals surface area contributed by atoms with Crippen molar-refractivity contribution in [1.29, 1.82) is 5.26 Å². The Kier molecular flexibility index (Phi) is 8.58. The Morgan fingerprint density at radius 3 is 2.56 bits per heavy atom. The number of hydrogen-bond donors (Lipinski definition) is 1. The van der Waals surface area contributed by atoms with E-state index < -0.39 is 17.3 Å². The van der Waals surface area contributed by atoms with Gasteiger partial charge in [-0.2, -0.15) is 28.6 Å².